The van der Waals surface area contributed by atoms with Crippen LogP contribution in [0.3, 0.4) is 0 Å². The van der Waals surface area contributed by atoms with Gasteiger partial charge in [0.25, 0.3) is 0 Å². The van der Waals surface area contributed by atoms with E-state index in [9.17, 15) is 4.79 Å². The molecular weight excluding hydrogens is 487 g/mol. The fraction of sp³-hybridized carbons (Fsp3) is 0.737. The Labute approximate surface area is 189 Å². The van der Waals surface area contributed by atoms with E-state index in [4.69, 9.17) is 4.99 Å². The van der Waals surface area contributed by atoms with Crippen LogP contribution in [0.2, 0.25) is 0 Å². The van der Waals surface area contributed by atoms with Crippen LogP contribution in [0.15, 0.2) is 4.99 Å². The molecule has 1 aliphatic carbocycles. The average molecular weight is 520 g/mol. The first kappa shape index (κ1) is 23.3. The Hall–Kier alpha value is -0.940. The summed E-state index contributed by atoms with van der Waals surface area (Å²) in [5.41, 5.74) is 1.13. The van der Waals surface area contributed by atoms with Gasteiger partial charge in [-0.05, 0) is 33.6 Å². The molecule has 3 rings (SSSR count). The number of aliphatic imine (C=N–C) groups is 1. The summed E-state index contributed by atoms with van der Waals surface area (Å²) in [5.74, 6) is 1.15. The van der Waals surface area contributed by atoms with E-state index in [-0.39, 0.29) is 29.9 Å². The zero-order chi connectivity index (χ0) is 19.2. The normalized spacial score (nSPS) is 18.0. The van der Waals surface area contributed by atoms with Gasteiger partial charge in [-0.15, -0.1) is 35.3 Å². The van der Waals surface area contributed by atoms with Crippen molar-refractivity contribution in [3.63, 3.8) is 0 Å². The number of carbonyl (C=O) groups is 1. The minimum Gasteiger partial charge on any atom is -0.357 e. The quantitative estimate of drug-likeness (QED) is 0.326. The van der Waals surface area contributed by atoms with Crippen LogP contribution < -0.4 is 10.6 Å². The van der Waals surface area contributed by atoms with E-state index in [1.54, 1.807) is 11.3 Å². The number of guanidine groups is 1. The van der Waals surface area contributed by atoms with Crippen molar-refractivity contribution in [1.29, 1.82) is 0 Å². The summed E-state index contributed by atoms with van der Waals surface area (Å²) in [6.07, 6.45) is 3.22. The molecule has 1 aromatic rings. The van der Waals surface area contributed by atoms with Crippen molar-refractivity contribution in [2.24, 2.45) is 4.99 Å². The molecule has 2 heterocycles. The first-order valence-electron chi connectivity index (χ1n) is 10.0. The molecule has 7 nitrogen and oxygen atoms in total. The first-order valence-corrected chi connectivity index (χ1v) is 10.8. The lowest BCUT2D eigenvalue weighted by molar-refractivity contribution is -0.122. The summed E-state index contributed by atoms with van der Waals surface area (Å²) < 4.78 is 0. The number of hydrogen-bond acceptors (Lipinski definition) is 5. The lowest BCUT2D eigenvalue weighted by atomic mass is 10.3. The summed E-state index contributed by atoms with van der Waals surface area (Å²) in [4.78, 5) is 27.2. The van der Waals surface area contributed by atoms with Gasteiger partial charge in [-0.3, -0.25) is 14.7 Å². The molecule has 2 N–H and O–H groups in total. The van der Waals surface area contributed by atoms with E-state index < -0.39 is 0 Å². The van der Waals surface area contributed by atoms with Gasteiger partial charge in [-0.2, -0.15) is 0 Å². The van der Waals surface area contributed by atoms with Crippen molar-refractivity contribution in [3.8, 4) is 0 Å². The van der Waals surface area contributed by atoms with Gasteiger partial charge < -0.3 is 15.5 Å². The number of nitrogens with one attached hydrogen (secondary N) is 2. The third-order valence-corrected chi connectivity index (χ3v) is 6.05. The number of nitrogens with zero attached hydrogens (tertiary/aromatic N) is 4. The number of halogens is 1. The van der Waals surface area contributed by atoms with Gasteiger partial charge in [0.05, 0.1) is 17.2 Å². The molecule has 0 radical (unpaired) electrons. The number of aromatic nitrogens is 1. The van der Waals surface area contributed by atoms with Gasteiger partial charge in [0.2, 0.25) is 5.91 Å². The molecule has 28 heavy (non-hydrogen) atoms. The maximum absolute atomic E-state index is 12.0. The molecule has 2 aliphatic rings. The Morgan fingerprint density at radius 1 is 1.25 bits per heavy atom. The van der Waals surface area contributed by atoms with Crippen molar-refractivity contribution in [1.82, 2.24) is 25.4 Å². The molecule has 0 bridgehead atoms. The SMILES string of the molecule is CCNC(=NCCc1sc(C)nc1C)N1CCN(CC(=O)NC2CC2)CC1.I. The molecular formula is C19H33IN6OS. The largest absolute Gasteiger partial charge is 0.357 e. The highest BCUT2D eigenvalue weighted by Crippen LogP contribution is 2.19. The third-order valence-electron chi connectivity index (χ3n) is 4.92. The zero-order valence-corrected chi connectivity index (χ0v) is 20.3. The van der Waals surface area contributed by atoms with Crippen LogP contribution in [-0.4, -0.2) is 78.5 Å². The Morgan fingerprint density at radius 2 is 1.96 bits per heavy atom. The fourth-order valence-corrected chi connectivity index (χ4v) is 4.24. The highest BCUT2D eigenvalue weighted by Gasteiger charge is 2.25. The Bertz CT molecular complexity index is 667. The Morgan fingerprint density at radius 3 is 2.54 bits per heavy atom. The summed E-state index contributed by atoms with van der Waals surface area (Å²) in [6.45, 7) is 12.0. The van der Waals surface area contributed by atoms with Crippen LogP contribution in [-0.2, 0) is 11.2 Å². The number of piperazine rings is 1. The van der Waals surface area contributed by atoms with E-state index in [0.29, 0.717) is 12.6 Å². The van der Waals surface area contributed by atoms with Crippen molar-refractivity contribution in [2.45, 2.75) is 46.1 Å². The van der Waals surface area contributed by atoms with E-state index in [1.807, 2.05) is 0 Å². The van der Waals surface area contributed by atoms with Crippen molar-refractivity contribution < 1.29 is 4.79 Å². The molecule has 1 aromatic heterocycles. The van der Waals surface area contributed by atoms with Gasteiger partial charge >= 0.3 is 0 Å². The van der Waals surface area contributed by atoms with Crippen LogP contribution in [0.5, 0.6) is 0 Å². The number of aryl methyl sites for hydroxylation is 2. The third kappa shape index (κ3) is 7.14. The lowest BCUT2D eigenvalue weighted by Crippen LogP contribution is -2.54. The lowest BCUT2D eigenvalue weighted by Gasteiger charge is -2.36. The topological polar surface area (TPSA) is 72.9 Å². The summed E-state index contributed by atoms with van der Waals surface area (Å²) in [5, 5.41) is 7.61. The molecule has 1 saturated carbocycles. The predicted molar refractivity (Wildman–Crippen MR) is 126 cm³/mol. The van der Waals surface area contributed by atoms with Gasteiger partial charge in [-0.25, -0.2) is 4.98 Å². The van der Waals surface area contributed by atoms with Gasteiger partial charge in [0.1, 0.15) is 0 Å². The second-order valence-corrected chi connectivity index (χ2v) is 8.62. The molecule has 1 aliphatic heterocycles. The van der Waals surface area contributed by atoms with Crippen molar-refractivity contribution >= 4 is 47.2 Å². The highest BCUT2D eigenvalue weighted by molar-refractivity contribution is 14.0. The Balaban J connectivity index is 0.00000280. The number of thiazole rings is 1. The van der Waals surface area contributed by atoms with Crippen LogP contribution in [0.25, 0.3) is 0 Å². The maximum Gasteiger partial charge on any atom is 0.234 e. The van der Waals surface area contributed by atoms with Crippen LogP contribution >= 0.6 is 35.3 Å². The monoisotopic (exact) mass is 520 g/mol. The number of amides is 1. The van der Waals surface area contributed by atoms with Gasteiger partial charge in [0, 0.05) is 56.6 Å². The molecule has 0 unspecified atom stereocenters. The highest BCUT2D eigenvalue weighted by atomic mass is 127. The Kier molecular flexibility index (Phi) is 9.42. The fourth-order valence-electron chi connectivity index (χ4n) is 3.32. The zero-order valence-electron chi connectivity index (χ0n) is 17.2. The van der Waals surface area contributed by atoms with Gasteiger partial charge in [-0.1, -0.05) is 0 Å². The van der Waals surface area contributed by atoms with Gasteiger partial charge in [0.15, 0.2) is 5.96 Å². The maximum atomic E-state index is 12.0. The summed E-state index contributed by atoms with van der Waals surface area (Å²) >= 11 is 1.77. The van der Waals surface area contributed by atoms with Crippen molar-refractivity contribution in [2.75, 3.05) is 45.8 Å². The molecule has 9 heteroatoms. The van der Waals surface area contributed by atoms with Crippen LogP contribution in [0.4, 0.5) is 0 Å². The van der Waals surface area contributed by atoms with Crippen molar-refractivity contribution in [3.05, 3.63) is 15.6 Å². The molecule has 158 valence electrons. The minimum atomic E-state index is 0. The second-order valence-electron chi connectivity index (χ2n) is 7.33. The standard InChI is InChI=1S/C19H32N6OS.HI/c1-4-20-19(21-8-7-17-14(2)22-15(3)27-17)25-11-9-24(10-12-25)13-18(26)23-16-5-6-16;/h16H,4-13H2,1-3H3,(H,20,21)(H,23,26);1H. The molecule has 1 saturated heterocycles. The van der Waals surface area contributed by atoms with E-state index in [0.717, 1.165) is 75.2 Å². The number of carbonyl (C=O) groups excluding carboxylic acids is 1. The van der Waals surface area contributed by atoms with Crippen LogP contribution in [0, 0.1) is 13.8 Å². The number of rotatable bonds is 7. The predicted octanol–water partition coefficient (Wildman–Crippen LogP) is 1.78. The summed E-state index contributed by atoms with van der Waals surface area (Å²) in [6, 6.07) is 0.442. The van der Waals surface area contributed by atoms with E-state index in [2.05, 4.69) is 46.2 Å². The molecule has 2 fully saturated rings. The average Bonchev–Trinajstić information content (AvgIpc) is 3.38. The number of hydrogen-bond donors (Lipinski definition) is 2. The first-order chi connectivity index (χ1) is 13.0. The van der Waals surface area contributed by atoms with E-state index in [1.165, 1.54) is 4.88 Å². The van der Waals surface area contributed by atoms with E-state index >= 15 is 0 Å². The minimum absolute atomic E-state index is 0. The summed E-state index contributed by atoms with van der Waals surface area (Å²) in [7, 11) is 0. The molecule has 1 amide bonds. The van der Waals surface area contributed by atoms with Crippen LogP contribution in [0.1, 0.15) is 35.3 Å². The molecule has 0 aromatic carbocycles. The molecule has 0 spiro atoms. The smallest absolute Gasteiger partial charge is 0.234 e. The molecule has 0 atom stereocenters. The second kappa shape index (κ2) is 11.3.